The number of thiazole rings is 1. The topological polar surface area (TPSA) is 80.3 Å². The van der Waals surface area contributed by atoms with E-state index in [1.54, 1.807) is 12.3 Å². The monoisotopic (exact) mass is 271 g/mol. The molecule has 1 aromatic rings. The zero-order valence-electron chi connectivity index (χ0n) is 10.5. The van der Waals surface area contributed by atoms with Gasteiger partial charge in [0.15, 0.2) is 0 Å². The zero-order valence-corrected chi connectivity index (χ0v) is 11.3. The number of amides is 1. The Labute approximate surface area is 110 Å². The molecular weight excluding hydrogens is 254 g/mol. The molecule has 1 amide bonds. The molecule has 1 aromatic heterocycles. The summed E-state index contributed by atoms with van der Waals surface area (Å²) in [6.07, 6.45) is 0.844. The van der Waals surface area contributed by atoms with Crippen molar-refractivity contribution in [2.45, 2.75) is 13.3 Å². The van der Waals surface area contributed by atoms with Crippen LogP contribution in [0.3, 0.4) is 0 Å². The molecule has 18 heavy (non-hydrogen) atoms. The third-order valence-electron chi connectivity index (χ3n) is 2.08. The first-order valence-electron chi connectivity index (χ1n) is 5.74. The van der Waals surface area contributed by atoms with Crippen LogP contribution >= 0.6 is 11.3 Å². The van der Waals surface area contributed by atoms with E-state index in [2.05, 4.69) is 15.6 Å². The third-order valence-corrected chi connectivity index (χ3v) is 2.90. The molecule has 0 fully saturated rings. The largest absolute Gasteiger partial charge is 0.461 e. The quantitative estimate of drug-likeness (QED) is 0.562. The van der Waals surface area contributed by atoms with E-state index in [0.29, 0.717) is 13.2 Å². The molecule has 0 unspecified atom stereocenters. The van der Waals surface area contributed by atoms with Gasteiger partial charge in [-0.1, -0.05) is 0 Å². The number of ether oxygens (including phenoxy) is 1. The van der Waals surface area contributed by atoms with Gasteiger partial charge < -0.3 is 15.4 Å². The minimum Gasteiger partial charge on any atom is -0.461 e. The number of carbonyl (C=O) groups excluding carboxylic acids is 2. The smallest absolute Gasteiger partial charge is 0.367 e. The van der Waals surface area contributed by atoms with Crippen LogP contribution in [0.15, 0.2) is 5.38 Å². The highest BCUT2D eigenvalue weighted by molar-refractivity contribution is 7.11. The van der Waals surface area contributed by atoms with Crippen LogP contribution < -0.4 is 10.6 Å². The first-order valence-corrected chi connectivity index (χ1v) is 6.62. The van der Waals surface area contributed by atoms with Crippen LogP contribution in [-0.2, 0) is 4.74 Å². The van der Waals surface area contributed by atoms with Gasteiger partial charge in [0.05, 0.1) is 6.61 Å². The van der Waals surface area contributed by atoms with Crippen LogP contribution in [0.4, 0.5) is 0 Å². The Morgan fingerprint density at radius 2 is 2.22 bits per heavy atom. The summed E-state index contributed by atoms with van der Waals surface area (Å²) >= 11 is 1.11. The summed E-state index contributed by atoms with van der Waals surface area (Å²) in [7, 11) is 1.86. The van der Waals surface area contributed by atoms with E-state index < -0.39 is 5.97 Å². The Morgan fingerprint density at radius 3 is 2.89 bits per heavy atom. The first kappa shape index (κ1) is 14.6. The van der Waals surface area contributed by atoms with Crippen LogP contribution in [0.1, 0.15) is 33.6 Å². The van der Waals surface area contributed by atoms with Crippen molar-refractivity contribution < 1.29 is 14.3 Å². The minimum absolute atomic E-state index is 0.206. The number of hydrogen-bond donors (Lipinski definition) is 2. The van der Waals surface area contributed by atoms with E-state index in [1.165, 1.54) is 0 Å². The lowest BCUT2D eigenvalue weighted by molar-refractivity contribution is 0.0526. The average Bonchev–Trinajstić information content (AvgIpc) is 2.84. The maximum absolute atomic E-state index is 11.7. The Kier molecular flexibility index (Phi) is 6.31. The van der Waals surface area contributed by atoms with Gasteiger partial charge >= 0.3 is 5.97 Å². The highest BCUT2D eigenvalue weighted by Crippen LogP contribution is 2.11. The predicted octanol–water partition coefficient (Wildman–Crippen LogP) is 0.659. The summed E-state index contributed by atoms with van der Waals surface area (Å²) in [6.45, 7) is 3.43. The number of hydrogen-bond acceptors (Lipinski definition) is 6. The lowest BCUT2D eigenvalue weighted by atomic mass is 10.4. The predicted molar refractivity (Wildman–Crippen MR) is 68.9 cm³/mol. The van der Waals surface area contributed by atoms with Gasteiger partial charge in [0.25, 0.3) is 5.91 Å². The summed E-state index contributed by atoms with van der Waals surface area (Å²) in [5.41, 5.74) is 0.257. The van der Waals surface area contributed by atoms with Gasteiger partial charge in [-0.15, -0.1) is 11.3 Å². The highest BCUT2D eigenvalue weighted by atomic mass is 32.1. The van der Waals surface area contributed by atoms with Crippen molar-refractivity contribution in [1.82, 2.24) is 15.6 Å². The molecule has 0 atom stereocenters. The number of nitrogens with zero attached hydrogens (tertiary/aromatic N) is 1. The number of nitrogens with one attached hydrogen (secondary N) is 2. The molecule has 2 N–H and O–H groups in total. The van der Waals surface area contributed by atoms with Crippen molar-refractivity contribution in [3.8, 4) is 0 Å². The maximum atomic E-state index is 11.7. The molecule has 0 radical (unpaired) electrons. The molecule has 0 spiro atoms. The van der Waals surface area contributed by atoms with Crippen molar-refractivity contribution in [3.05, 3.63) is 16.1 Å². The molecule has 100 valence electrons. The molecule has 6 nitrogen and oxygen atoms in total. The van der Waals surface area contributed by atoms with Crippen LogP contribution in [0.25, 0.3) is 0 Å². The van der Waals surface area contributed by atoms with Crippen molar-refractivity contribution in [2.75, 3.05) is 26.7 Å². The normalized spacial score (nSPS) is 10.1. The molecule has 0 aliphatic heterocycles. The minimum atomic E-state index is -0.489. The second-order valence-corrected chi connectivity index (χ2v) is 4.33. The molecule has 0 saturated carbocycles. The summed E-state index contributed by atoms with van der Waals surface area (Å²) in [5, 5.41) is 7.48. The fourth-order valence-electron chi connectivity index (χ4n) is 1.22. The fraction of sp³-hybridized carbons (Fsp3) is 0.545. The van der Waals surface area contributed by atoms with Crippen LogP contribution in [0, 0.1) is 0 Å². The van der Waals surface area contributed by atoms with Crippen LogP contribution in [-0.4, -0.2) is 43.6 Å². The summed E-state index contributed by atoms with van der Waals surface area (Å²) < 4.78 is 4.80. The Bertz CT molecular complexity index is 406. The van der Waals surface area contributed by atoms with E-state index in [0.717, 1.165) is 24.3 Å². The van der Waals surface area contributed by atoms with E-state index in [4.69, 9.17) is 4.74 Å². The molecule has 0 aromatic carbocycles. The summed E-state index contributed by atoms with van der Waals surface area (Å²) in [6, 6.07) is 0. The molecule has 0 bridgehead atoms. The SMILES string of the molecule is CCOC(=O)c1nc(C(=O)NCCCNC)cs1. The van der Waals surface area contributed by atoms with E-state index in [9.17, 15) is 9.59 Å². The number of aromatic nitrogens is 1. The van der Waals surface area contributed by atoms with Gasteiger partial charge in [0.2, 0.25) is 5.01 Å². The fourth-order valence-corrected chi connectivity index (χ4v) is 1.91. The molecule has 0 aliphatic carbocycles. The van der Waals surface area contributed by atoms with Gasteiger partial charge in [-0.25, -0.2) is 9.78 Å². The molecule has 0 aliphatic rings. The highest BCUT2D eigenvalue weighted by Gasteiger charge is 2.15. The van der Waals surface area contributed by atoms with Gasteiger partial charge in [-0.2, -0.15) is 0 Å². The number of carbonyl (C=O) groups is 2. The van der Waals surface area contributed by atoms with Gasteiger partial charge in [-0.3, -0.25) is 4.79 Å². The van der Waals surface area contributed by atoms with Crippen molar-refractivity contribution in [2.24, 2.45) is 0 Å². The molecular formula is C11H17N3O3S. The van der Waals surface area contributed by atoms with Crippen LogP contribution in [0.5, 0.6) is 0 Å². The van der Waals surface area contributed by atoms with E-state index in [1.807, 2.05) is 7.05 Å². The lowest BCUT2D eigenvalue weighted by Crippen LogP contribution is -2.26. The molecule has 1 heterocycles. The number of rotatable bonds is 7. The molecule has 7 heteroatoms. The summed E-state index contributed by atoms with van der Waals surface area (Å²) in [4.78, 5) is 27.0. The first-order chi connectivity index (χ1) is 8.69. The Morgan fingerprint density at radius 1 is 1.44 bits per heavy atom. The summed E-state index contributed by atoms with van der Waals surface area (Å²) in [5.74, 6) is -0.755. The molecule has 0 saturated heterocycles. The molecule has 1 rings (SSSR count). The number of esters is 1. The second-order valence-electron chi connectivity index (χ2n) is 3.47. The second kappa shape index (κ2) is 7.78. The van der Waals surface area contributed by atoms with Gasteiger partial charge in [0.1, 0.15) is 5.69 Å². The van der Waals surface area contributed by atoms with E-state index in [-0.39, 0.29) is 16.6 Å². The Hall–Kier alpha value is -1.47. The standard InChI is InChI=1S/C11H17N3O3S/c1-3-17-11(16)10-14-8(7-18-10)9(15)13-6-4-5-12-2/h7,12H,3-6H2,1-2H3,(H,13,15). The Balaban J connectivity index is 2.46. The third kappa shape index (κ3) is 4.42. The van der Waals surface area contributed by atoms with Crippen molar-refractivity contribution in [1.29, 1.82) is 0 Å². The van der Waals surface area contributed by atoms with Crippen molar-refractivity contribution >= 4 is 23.2 Å². The van der Waals surface area contributed by atoms with Crippen molar-refractivity contribution in [3.63, 3.8) is 0 Å². The maximum Gasteiger partial charge on any atom is 0.367 e. The average molecular weight is 271 g/mol. The van der Waals surface area contributed by atoms with Gasteiger partial charge in [-0.05, 0) is 26.9 Å². The zero-order chi connectivity index (χ0) is 13.4. The van der Waals surface area contributed by atoms with E-state index >= 15 is 0 Å². The van der Waals surface area contributed by atoms with Crippen LogP contribution in [0.2, 0.25) is 0 Å². The van der Waals surface area contributed by atoms with Gasteiger partial charge in [0, 0.05) is 11.9 Å². The lowest BCUT2D eigenvalue weighted by Gasteiger charge is -2.02.